The number of fused-ring (bicyclic) bond motifs is 1. The molecular weight excluding hydrogens is 472 g/mol. The van der Waals surface area contributed by atoms with Gasteiger partial charge in [-0.2, -0.15) is 9.30 Å². The van der Waals surface area contributed by atoms with Gasteiger partial charge in [-0.15, -0.1) is 11.3 Å². The number of sulfonamides is 1. The molecule has 1 saturated heterocycles. The van der Waals surface area contributed by atoms with E-state index in [0.717, 1.165) is 16.0 Å². The minimum absolute atomic E-state index is 0.0588. The number of benzene rings is 1. The summed E-state index contributed by atoms with van der Waals surface area (Å²) in [5.41, 5.74) is 0.515. The molecule has 1 aliphatic heterocycles. The van der Waals surface area contributed by atoms with Crippen LogP contribution in [0.5, 0.6) is 0 Å². The van der Waals surface area contributed by atoms with Crippen molar-refractivity contribution < 1.29 is 18.1 Å². The molecule has 0 radical (unpaired) electrons. The van der Waals surface area contributed by atoms with Crippen molar-refractivity contribution >= 4 is 66.1 Å². The first-order valence-electron chi connectivity index (χ1n) is 8.78. The van der Waals surface area contributed by atoms with E-state index < -0.39 is 26.9 Å². The minimum atomic E-state index is -3.85. The molecule has 4 rings (SSSR count). The zero-order valence-electron chi connectivity index (χ0n) is 15.5. The summed E-state index contributed by atoms with van der Waals surface area (Å²) in [6.07, 6.45) is 0.926. The van der Waals surface area contributed by atoms with Crippen LogP contribution in [-0.2, 0) is 21.9 Å². The summed E-state index contributed by atoms with van der Waals surface area (Å²) in [5, 5.41) is 11.0. The normalized spacial score (nSPS) is 18.3. The Labute approximate surface area is 184 Å². The quantitative estimate of drug-likeness (QED) is 0.415. The Kier molecular flexibility index (Phi) is 5.53. The van der Waals surface area contributed by atoms with Gasteiger partial charge in [-0.05, 0) is 31.0 Å². The maximum Gasteiger partial charge on any atom is 0.271 e. The first kappa shape index (κ1) is 21.1. The van der Waals surface area contributed by atoms with Crippen LogP contribution in [0.15, 0.2) is 39.5 Å². The largest absolute Gasteiger partial charge is 0.319 e. The van der Waals surface area contributed by atoms with Crippen molar-refractivity contribution in [2.75, 3.05) is 6.54 Å². The van der Waals surface area contributed by atoms with Crippen LogP contribution in [-0.4, -0.2) is 40.7 Å². The molecule has 1 unspecified atom stereocenters. The van der Waals surface area contributed by atoms with Gasteiger partial charge in [0.15, 0.2) is 4.80 Å². The molecule has 30 heavy (non-hydrogen) atoms. The Morgan fingerprint density at radius 2 is 2.07 bits per heavy atom. The maximum atomic E-state index is 12.9. The number of carbonyl (C=O) groups is 1. The molecule has 0 bridgehead atoms. The minimum Gasteiger partial charge on any atom is -0.319 e. The molecule has 3 heterocycles. The third-order valence-corrected chi connectivity index (χ3v) is 9.53. The zero-order valence-corrected chi connectivity index (χ0v) is 18.7. The molecule has 2 aromatic heterocycles. The summed E-state index contributed by atoms with van der Waals surface area (Å²) in [7, 11) is -2.19. The molecule has 1 aliphatic rings. The number of rotatable bonds is 4. The molecular formula is C17H15ClN4O5S3. The number of nitro groups is 1. The fraction of sp³-hybridized carbons (Fsp3) is 0.294. The maximum absolute atomic E-state index is 12.9. The van der Waals surface area contributed by atoms with Crippen molar-refractivity contribution in [2.45, 2.75) is 23.1 Å². The molecule has 13 heteroatoms. The van der Waals surface area contributed by atoms with Crippen molar-refractivity contribution in [2.24, 2.45) is 12.0 Å². The Hall–Kier alpha value is -2.12. The van der Waals surface area contributed by atoms with Crippen molar-refractivity contribution in [3.8, 4) is 0 Å². The predicted molar refractivity (Wildman–Crippen MR) is 114 cm³/mol. The second-order valence-electron chi connectivity index (χ2n) is 6.64. The lowest BCUT2D eigenvalue weighted by Crippen LogP contribution is -2.40. The van der Waals surface area contributed by atoms with Gasteiger partial charge in [0.05, 0.1) is 19.5 Å². The van der Waals surface area contributed by atoms with Crippen molar-refractivity contribution in [1.82, 2.24) is 8.87 Å². The molecule has 9 nitrogen and oxygen atoms in total. The van der Waals surface area contributed by atoms with Gasteiger partial charge in [0.25, 0.3) is 21.6 Å². The fourth-order valence-corrected chi connectivity index (χ4v) is 7.60. The number of thiazole rings is 1. The number of carbonyl (C=O) groups excluding carboxylic acids is 1. The second kappa shape index (κ2) is 7.85. The highest BCUT2D eigenvalue weighted by atomic mass is 35.5. The number of nitro benzene ring substituents is 1. The number of aromatic nitrogens is 1. The van der Waals surface area contributed by atoms with Gasteiger partial charge in [-0.25, -0.2) is 8.42 Å². The zero-order chi connectivity index (χ0) is 21.6. The lowest BCUT2D eigenvalue weighted by Gasteiger charge is -2.20. The van der Waals surface area contributed by atoms with Gasteiger partial charge < -0.3 is 4.57 Å². The molecule has 0 spiro atoms. The van der Waals surface area contributed by atoms with Gasteiger partial charge >= 0.3 is 0 Å². The van der Waals surface area contributed by atoms with E-state index in [1.807, 2.05) is 0 Å². The molecule has 1 aromatic carbocycles. The van der Waals surface area contributed by atoms with Crippen LogP contribution in [0, 0.1) is 10.1 Å². The third kappa shape index (κ3) is 3.69. The van der Waals surface area contributed by atoms with Crippen LogP contribution in [0.1, 0.15) is 12.8 Å². The molecule has 1 atom stereocenters. The molecule has 0 N–H and O–H groups in total. The second-order valence-corrected chi connectivity index (χ2v) is 11.5. The number of thiophene rings is 1. The lowest BCUT2D eigenvalue weighted by molar-refractivity contribution is -0.384. The highest BCUT2D eigenvalue weighted by Gasteiger charge is 2.40. The van der Waals surface area contributed by atoms with Crippen LogP contribution in [0.25, 0.3) is 10.2 Å². The number of hydrogen-bond acceptors (Lipinski definition) is 7. The van der Waals surface area contributed by atoms with Crippen LogP contribution in [0.3, 0.4) is 0 Å². The summed E-state index contributed by atoms with van der Waals surface area (Å²) in [4.78, 5) is 27.9. The van der Waals surface area contributed by atoms with E-state index in [2.05, 4.69) is 4.99 Å². The summed E-state index contributed by atoms with van der Waals surface area (Å²) in [6, 6.07) is 6.46. The average Bonchev–Trinajstić information content (AvgIpc) is 3.42. The summed E-state index contributed by atoms with van der Waals surface area (Å²) in [5.74, 6) is -0.560. The first-order valence-corrected chi connectivity index (χ1v) is 12.2. The standard InChI is InChI=1S/C17H15ClN4O5S3/c1-20-12-9-10(22(24)25)4-5-13(12)28-17(20)19-16(23)11-3-2-8-21(11)30(26,27)15-7-6-14(18)29-15/h4-7,9,11H,2-3,8H2,1H3. The van der Waals surface area contributed by atoms with E-state index in [4.69, 9.17) is 11.6 Å². The molecule has 3 aromatic rings. The van der Waals surface area contributed by atoms with E-state index in [1.165, 1.54) is 39.9 Å². The number of aryl methyl sites for hydroxylation is 1. The monoisotopic (exact) mass is 486 g/mol. The number of halogens is 1. The topological polar surface area (TPSA) is 115 Å². The summed E-state index contributed by atoms with van der Waals surface area (Å²) < 4.78 is 29.8. The molecule has 158 valence electrons. The summed E-state index contributed by atoms with van der Waals surface area (Å²) in [6.45, 7) is 0.231. The Balaban J connectivity index is 1.70. The van der Waals surface area contributed by atoms with Gasteiger partial charge in [0, 0.05) is 25.7 Å². The number of hydrogen-bond donors (Lipinski definition) is 0. The van der Waals surface area contributed by atoms with Crippen LogP contribution in [0.4, 0.5) is 5.69 Å². The highest BCUT2D eigenvalue weighted by molar-refractivity contribution is 7.91. The van der Waals surface area contributed by atoms with Gasteiger partial charge in [0.2, 0.25) is 0 Å². The number of non-ortho nitro benzene ring substituents is 1. The van der Waals surface area contributed by atoms with E-state index in [9.17, 15) is 23.3 Å². The highest BCUT2D eigenvalue weighted by Crippen LogP contribution is 2.32. The number of nitrogens with zero attached hydrogens (tertiary/aromatic N) is 4. The predicted octanol–water partition coefficient (Wildman–Crippen LogP) is 3.14. The molecule has 0 aliphatic carbocycles. The van der Waals surface area contributed by atoms with Crippen LogP contribution >= 0.6 is 34.3 Å². The first-order chi connectivity index (χ1) is 14.2. The van der Waals surface area contributed by atoms with Gasteiger partial charge in [-0.1, -0.05) is 22.9 Å². The van der Waals surface area contributed by atoms with Crippen LogP contribution in [0.2, 0.25) is 4.34 Å². The van der Waals surface area contributed by atoms with Gasteiger partial charge in [0.1, 0.15) is 10.3 Å². The van der Waals surface area contributed by atoms with E-state index in [-0.39, 0.29) is 16.4 Å². The van der Waals surface area contributed by atoms with E-state index in [0.29, 0.717) is 27.5 Å². The summed E-state index contributed by atoms with van der Waals surface area (Å²) >= 11 is 8.03. The smallest absolute Gasteiger partial charge is 0.271 e. The van der Waals surface area contributed by atoms with Crippen molar-refractivity contribution in [3.05, 3.63) is 49.6 Å². The SMILES string of the molecule is Cn1c(=NC(=O)C2CCCN2S(=O)(=O)c2ccc(Cl)s2)sc2ccc([N+](=O)[O-])cc21. The van der Waals surface area contributed by atoms with Crippen LogP contribution < -0.4 is 4.80 Å². The Bertz CT molecular complexity index is 1340. The lowest BCUT2D eigenvalue weighted by atomic mass is 10.2. The fourth-order valence-electron chi connectivity index (χ4n) is 3.33. The molecule has 0 saturated carbocycles. The number of amides is 1. The van der Waals surface area contributed by atoms with Gasteiger partial charge in [-0.3, -0.25) is 14.9 Å². The van der Waals surface area contributed by atoms with Crippen molar-refractivity contribution in [3.63, 3.8) is 0 Å². The Morgan fingerprint density at radius 3 is 2.73 bits per heavy atom. The van der Waals surface area contributed by atoms with Crippen molar-refractivity contribution in [1.29, 1.82) is 0 Å². The third-order valence-electron chi connectivity index (χ3n) is 4.81. The Morgan fingerprint density at radius 1 is 1.30 bits per heavy atom. The molecule has 1 fully saturated rings. The van der Waals surface area contributed by atoms with E-state index in [1.54, 1.807) is 17.7 Å². The van der Waals surface area contributed by atoms with E-state index >= 15 is 0 Å². The molecule has 1 amide bonds. The average molecular weight is 487 g/mol.